The lowest BCUT2D eigenvalue weighted by Crippen LogP contribution is -2.43. The zero-order valence-corrected chi connectivity index (χ0v) is 22.1. The second-order valence-corrected chi connectivity index (χ2v) is 10.6. The summed E-state index contributed by atoms with van der Waals surface area (Å²) in [4.78, 5) is 16.3. The Labute approximate surface area is 224 Å². The zero-order valence-electron chi connectivity index (χ0n) is 22.1. The highest BCUT2D eigenvalue weighted by Crippen LogP contribution is 2.43. The maximum Gasteiger partial charge on any atom is 0.333 e. The fourth-order valence-corrected chi connectivity index (χ4v) is 5.78. The molecule has 39 heavy (non-hydrogen) atoms. The molecule has 202 valence electrons. The first-order valence-corrected chi connectivity index (χ1v) is 13.0. The van der Waals surface area contributed by atoms with Crippen molar-refractivity contribution in [3.05, 3.63) is 70.8 Å². The molecule has 4 heterocycles. The summed E-state index contributed by atoms with van der Waals surface area (Å²) in [5, 5.41) is 3.77. The number of hydrogen-bond donors (Lipinski definition) is 0. The number of hydrogen-bond acceptors (Lipinski definition) is 6. The second kappa shape index (κ2) is 9.66. The number of alkyl halides is 2. The molecule has 0 N–H and O–H groups in total. The van der Waals surface area contributed by atoms with Crippen LogP contribution in [0.15, 0.2) is 47.6 Å². The van der Waals surface area contributed by atoms with E-state index in [2.05, 4.69) is 26.9 Å². The summed E-state index contributed by atoms with van der Waals surface area (Å²) >= 11 is 0. The van der Waals surface area contributed by atoms with Crippen molar-refractivity contribution >= 4 is 28.8 Å². The van der Waals surface area contributed by atoms with Gasteiger partial charge in [-0.15, -0.1) is 0 Å². The Kier molecular flexibility index (Phi) is 6.28. The smallest absolute Gasteiger partial charge is 0.333 e. The van der Waals surface area contributed by atoms with Gasteiger partial charge in [0.1, 0.15) is 12.1 Å². The van der Waals surface area contributed by atoms with E-state index in [0.717, 1.165) is 71.1 Å². The van der Waals surface area contributed by atoms with Gasteiger partial charge in [-0.3, -0.25) is 4.99 Å². The summed E-state index contributed by atoms with van der Waals surface area (Å²) in [5.74, 6) is 0.730. The van der Waals surface area contributed by atoms with E-state index in [1.54, 1.807) is 12.4 Å². The fourth-order valence-electron chi connectivity index (χ4n) is 5.78. The molecular formula is C29H29F3N6O. The predicted octanol–water partition coefficient (Wildman–Crippen LogP) is 6.20. The molecule has 0 amide bonds. The third-order valence-electron chi connectivity index (χ3n) is 8.24. The molecule has 2 aliphatic heterocycles. The number of methoxy groups -OCH3 is 1. The molecule has 0 radical (unpaired) electrons. The van der Waals surface area contributed by atoms with Gasteiger partial charge >= 0.3 is 6.55 Å². The Morgan fingerprint density at radius 2 is 1.87 bits per heavy atom. The second-order valence-electron chi connectivity index (χ2n) is 10.6. The minimum atomic E-state index is -2.67. The Morgan fingerprint density at radius 3 is 2.56 bits per heavy atom. The monoisotopic (exact) mass is 534 g/mol. The molecule has 1 fully saturated rings. The van der Waals surface area contributed by atoms with E-state index in [-0.39, 0.29) is 17.0 Å². The lowest BCUT2D eigenvalue weighted by Gasteiger charge is -2.40. The van der Waals surface area contributed by atoms with E-state index in [4.69, 9.17) is 9.73 Å². The first-order valence-electron chi connectivity index (χ1n) is 13.0. The molecule has 0 unspecified atom stereocenters. The normalized spacial score (nSPS) is 18.5. The molecule has 2 aromatic heterocycles. The first-order chi connectivity index (χ1) is 18.8. The molecule has 1 aromatic carbocycles. The van der Waals surface area contributed by atoms with Gasteiger partial charge < -0.3 is 9.64 Å². The average molecular weight is 535 g/mol. The highest BCUT2D eigenvalue weighted by molar-refractivity contribution is 6.03. The number of rotatable bonds is 6. The molecule has 0 spiro atoms. The fraction of sp³-hybridized carbons (Fsp3) is 0.379. The predicted molar refractivity (Wildman–Crippen MR) is 144 cm³/mol. The maximum atomic E-state index is 14.4. The van der Waals surface area contributed by atoms with Gasteiger partial charge in [-0.1, -0.05) is 13.0 Å². The maximum absolute atomic E-state index is 14.4. The molecule has 10 heteroatoms. The first kappa shape index (κ1) is 25.3. The Hall–Kier alpha value is -3.95. The van der Waals surface area contributed by atoms with Crippen molar-refractivity contribution in [2.45, 2.75) is 46.1 Å². The van der Waals surface area contributed by atoms with Gasteiger partial charge in [-0.25, -0.2) is 19.0 Å². The van der Waals surface area contributed by atoms with E-state index in [1.807, 2.05) is 19.1 Å². The van der Waals surface area contributed by atoms with Crippen LogP contribution in [-0.4, -0.2) is 45.7 Å². The molecule has 7 nitrogen and oxygen atoms in total. The molecule has 3 aliphatic rings. The quantitative estimate of drug-likeness (QED) is 0.377. The summed E-state index contributed by atoms with van der Waals surface area (Å²) in [5.41, 5.74) is 7.29. The molecule has 0 saturated carbocycles. The number of piperidine rings is 1. The number of ether oxygens (including phenoxy) is 1. The van der Waals surface area contributed by atoms with Crippen LogP contribution in [0.4, 0.5) is 19.0 Å². The Balaban J connectivity index is 1.16. The van der Waals surface area contributed by atoms with Gasteiger partial charge in [0, 0.05) is 60.1 Å². The van der Waals surface area contributed by atoms with Gasteiger partial charge in [0.2, 0.25) is 0 Å². The van der Waals surface area contributed by atoms with Crippen LogP contribution < -0.4 is 9.64 Å². The summed E-state index contributed by atoms with van der Waals surface area (Å²) in [6, 6.07) is 5.07. The summed E-state index contributed by atoms with van der Waals surface area (Å²) in [7, 11) is 1.46. The number of fused-ring (bicyclic) bond motifs is 1. The van der Waals surface area contributed by atoms with Gasteiger partial charge in [0.25, 0.3) is 0 Å². The highest BCUT2D eigenvalue weighted by atomic mass is 19.3. The van der Waals surface area contributed by atoms with Crippen LogP contribution in [0.5, 0.6) is 5.75 Å². The largest absolute Gasteiger partial charge is 0.494 e. The number of allylic oxidation sites excluding steroid dienone is 3. The molecule has 0 atom stereocenters. The van der Waals surface area contributed by atoms with Crippen LogP contribution in [-0.2, 0) is 6.42 Å². The third kappa shape index (κ3) is 4.51. The van der Waals surface area contributed by atoms with E-state index < -0.39 is 6.55 Å². The van der Waals surface area contributed by atoms with Crippen molar-refractivity contribution in [3.8, 4) is 5.75 Å². The number of anilines is 1. The molecular weight excluding hydrogens is 505 g/mol. The molecule has 6 rings (SSSR count). The van der Waals surface area contributed by atoms with E-state index in [9.17, 15) is 13.2 Å². The van der Waals surface area contributed by atoms with E-state index in [1.165, 1.54) is 25.6 Å². The summed E-state index contributed by atoms with van der Waals surface area (Å²) in [6.07, 6.45) is 9.48. The van der Waals surface area contributed by atoms with Gasteiger partial charge in [0.05, 0.1) is 19.0 Å². The van der Waals surface area contributed by atoms with Crippen molar-refractivity contribution in [1.29, 1.82) is 0 Å². The third-order valence-corrected chi connectivity index (χ3v) is 8.24. The number of aromatic nitrogens is 4. The van der Waals surface area contributed by atoms with Crippen LogP contribution in [0.25, 0.3) is 17.2 Å². The zero-order chi connectivity index (χ0) is 27.3. The highest BCUT2D eigenvalue weighted by Gasteiger charge is 2.38. The number of aliphatic imine (C=N–C) groups is 1. The molecule has 1 aliphatic carbocycles. The molecule has 3 aromatic rings. The van der Waals surface area contributed by atoms with Gasteiger partial charge in [-0.2, -0.15) is 13.9 Å². The standard InChI is InChI=1S/C29H29F3N6O/c1-17-21(18-4-5-25(39-3)23(30)11-18)13-26(36-17)29(2)6-8-37(9-7-29)27-22-10-19(12-24(22)33-16-34-27)20-14-35-38(15-20)28(31)32/h4-5,10-11,14-16,28H,6-9,12-13H2,1-3H3. The minimum absolute atomic E-state index is 0.0778. The number of halogens is 3. The number of nitrogens with zero attached hydrogens (tertiary/aromatic N) is 6. The van der Waals surface area contributed by atoms with Crippen molar-refractivity contribution in [2.75, 3.05) is 25.1 Å². The number of benzene rings is 1. The molecule has 0 bridgehead atoms. The van der Waals surface area contributed by atoms with Crippen LogP contribution in [0, 0.1) is 11.2 Å². The van der Waals surface area contributed by atoms with Crippen molar-refractivity contribution < 1.29 is 17.9 Å². The topological polar surface area (TPSA) is 68.4 Å². The van der Waals surface area contributed by atoms with E-state index >= 15 is 0 Å². The lowest BCUT2D eigenvalue weighted by atomic mass is 9.74. The minimum Gasteiger partial charge on any atom is -0.494 e. The average Bonchev–Trinajstić information content (AvgIpc) is 3.67. The Bertz CT molecular complexity index is 1530. The van der Waals surface area contributed by atoms with Crippen LogP contribution in [0.2, 0.25) is 0 Å². The SMILES string of the molecule is COc1ccc(C2=C(C)N=C(C3(C)CCN(c4ncnc5c4C=C(c4cnn(C(F)F)c4)C5)CC3)C2)cc1F. The van der Waals surface area contributed by atoms with Crippen LogP contribution in [0.1, 0.15) is 62.0 Å². The van der Waals surface area contributed by atoms with Crippen LogP contribution >= 0.6 is 0 Å². The Morgan fingerprint density at radius 1 is 1.08 bits per heavy atom. The lowest BCUT2D eigenvalue weighted by molar-refractivity contribution is 0.0566. The van der Waals surface area contributed by atoms with Gasteiger partial charge in [-0.05, 0) is 54.7 Å². The van der Waals surface area contributed by atoms with Crippen molar-refractivity contribution in [3.63, 3.8) is 0 Å². The molecule has 1 saturated heterocycles. The summed E-state index contributed by atoms with van der Waals surface area (Å²) in [6.45, 7) is 3.19. The van der Waals surface area contributed by atoms with E-state index in [0.29, 0.717) is 23.1 Å². The van der Waals surface area contributed by atoms with Crippen LogP contribution in [0.3, 0.4) is 0 Å². The van der Waals surface area contributed by atoms with Gasteiger partial charge in [0.15, 0.2) is 11.6 Å². The summed E-state index contributed by atoms with van der Waals surface area (Å²) < 4.78 is 46.1. The van der Waals surface area contributed by atoms with Crippen molar-refractivity contribution in [2.24, 2.45) is 10.4 Å². The van der Waals surface area contributed by atoms with Crippen molar-refractivity contribution in [1.82, 2.24) is 19.7 Å².